The molecule has 108 valence electrons. The summed E-state index contributed by atoms with van der Waals surface area (Å²) >= 11 is 5.63. The van der Waals surface area contributed by atoms with Crippen molar-refractivity contribution in [3.8, 4) is 0 Å². The highest BCUT2D eigenvalue weighted by molar-refractivity contribution is 7.89. The van der Waals surface area contributed by atoms with Gasteiger partial charge in [0, 0.05) is 19.7 Å². The molecule has 1 saturated heterocycles. The van der Waals surface area contributed by atoms with Crippen LogP contribution in [0.2, 0.25) is 0 Å². The smallest absolute Gasteiger partial charge is 0.276 e. The Labute approximate surface area is 118 Å². The molecule has 0 aliphatic carbocycles. The Kier molecular flexibility index (Phi) is 4.89. The number of halogens is 1. The highest BCUT2D eigenvalue weighted by atomic mass is 35.5. The van der Waals surface area contributed by atoms with Gasteiger partial charge >= 0.3 is 0 Å². The highest BCUT2D eigenvalue weighted by Crippen LogP contribution is 2.22. The van der Waals surface area contributed by atoms with Gasteiger partial charge < -0.3 is 9.15 Å². The monoisotopic (exact) mass is 307 g/mol. The molecule has 0 aromatic carbocycles. The third-order valence-electron chi connectivity index (χ3n) is 3.13. The third kappa shape index (κ3) is 3.31. The van der Waals surface area contributed by atoms with Crippen molar-refractivity contribution in [1.29, 1.82) is 0 Å². The van der Waals surface area contributed by atoms with Crippen molar-refractivity contribution >= 4 is 21.6 Å². The molecule has 7 heteroatoms. The molecule has 1 aliphatic heterocycles. The number of alkyl halides is 1. The van der Waals surface area contributed by atoms with Gasteiger partial charge in [-0.15, -0.1) is 11.6 Å². The minimum atomic E-state index is -3.59. The Morgan fingerprint density at radius 2 is 2.26 bits per heavy atom. The molecule has 0 saturated carbocycles. The quantitative estimate of drug-likeness (QED) is 0.800. The van der Waals surface area contributed by atoms with Gasteiger partial charge in [-0.3, -0.25) is 0 Å². The average Bonchev–Trinajstić information content (AvgIpc) is 2.76. The molecule has 19 heavy (non-hydrogen) atoms. The molecular formula is C12H18ClNO4S. The number of hydrogen-bond donors (Lipinski definition) is 0. The Hall–Kier alpha value is -0.560. The summed E-state index contributed by atoms with van der Waals surface area (Å²) in [6.45, 7) is 3.40. The maximum atomic E-state index is 12.5. The van der Waals surface area contributed by atoms with Crippen LogP contribution < -0.4 is 0 Å². The van der Waals surface area contributed by atoms with E-state index in [0.717, 1.165) is 6.42 Å². The van der Waals surface area contributed by atoms with Crippen LogP contribution in [-0.4, -0.2) is 38.5 Å². The standard InChI is InChI=1S/C12H18ClNO4S/c1-2-10-9-14(6-3-7-17-10)19(15,16)12-5-4-11(8-13)18-12/h4-5,10H,2-3,6-9H2,1H3. The molecule has 1 aliphatic rings. The first kappa shape index (κ1) is 14.8. The van der Waals surface area contributed by atoms with Gasteiger partial charge in [0.1, 0.15) is 5.76 Å². The normalized spacial score (nSPS) is 22.3. The second-order valence-corrected chi connectivity index (χ2v) is 6.61. The second-order valence-electron chi connectivity index (χ2n) is 4.47. The number of furan rings is 1. The van der Waals surface area contributed by atoms with Crippen LogP contribution in [0.1, 0.15) is 25.5 Å². The summed E-state index contributed by atoms with van der Waals surface area (Å²) < 4.78 is 37.2. The molecule has 0 amide bonds. The number of rotatable bonds is 4. The van der Waals surface area contributed by atoms with E-state index in [2.05, 4.69) is 0 Å². The van der Waals surface area contributed by atoms with E-state index in [0.29, 0.717) is 31.9 Å². The lowest BCUT2D eigenvalue weighted by Crippen LogP contribution is -2.36. The summed E-state index contributed by atoms with van der Waals surface area (Å²) in [5.74, 6) is 0.620. The van der Waals surface area contributed by atoms with Gasteiger partial charge in [0.2, 0.25) is 5.09 Å². The number of sulfonamides is 1. The topological polar surface area (TPSA) is 59.8 Å². The van der Waals surface area contributed by atoms with Crippen LogP contribution in [0.15, 0.2) is 21.6 Å². The molecule has 0 radical (unpaired) electrons. The number of hydrogen-bond acceptors (Lipinski definition) is 4. The van der Waals surface area contributed by atoms with E-state index in [-0.39, 0.29) is 17.1 Å². The molecule has 1 fully saturated rings. The molecule has 0 N–H and O–H groups in total. The van der Waals surface area contributed by atoms with E-state index in [9.17, 15) is 8.42 Å². The van der Waals surface area contributed by atoms with Crippen molar-refractivity contribution in [2.24, 2.45) is 0 Å². The molecule has 0 bridgehead atoms. The van der Waals surface area contributed by atoms with Gasteiger partial charge in [-0.2, -0.15) is 4.31 Å². The van der Waals surface area contributed by atoms with E-state index >= 15 is 0 Å². The van der Waals surface area contributed by atoms with E-state index in [1.165, 1.54) is 10.4 Å². The first-order valence-electron chi connectivity index (χ1n) is 6.34. The Balaban J connectivity index is 2.22. The third-order valence-corrected chi connectivity index (χ3v) is 5.13. The predicted molar refractivity (Wildman–Crippen MR) is 71.7 cm³/mol. The molecule has 1 aromatic heterocycles. The SMILES string of the molecule is CCC1CN(S(=O)(=O)c2ccc(CCl)o2)CCCO1. The molecule has 0 spiro atoms. The Morgan fingerprint density at radius 1 is 1.47 bits per heavy atom. The first-order chi connectivity index (χ1) is 9.07. The summed E-state index contributed by atoms with van der Waals surface area (Å²) in [6, 6.07) is 3.05. The lowest BCUT2D eigenvalue weighted by molar-refractivity contribution is 0.0592. The van der Waals surface area contributed by atoms with E-state index in [1.54, 1.807) is 6.07 Å². The highest BCUT2D eigenvalue weighted by Gasteiger charge is 2.31. The molecule has 2 rings (SSSR count). The second kappa shape index (κ2) is 6.26. The predicted octanol–water partition coefficient (Wildman–Crippen LogP) is 2.21. The van der Waals surface area contributed by atoms with Crippen LogP contribution in [-0.2, 0) is 20.6 Å². The zero-order chi connectivity index (χ0) is 13.9. The van der Waals surface area contributed by atoms with Crippen molar-refractivity contribution in [2.45, 2.75) is 36.8 Å². The summed E-state index contributed by atoms with van der Waals surface area (Å²) in [5, 5.41) is -0.0418. The molecule has 1 unspecified atom stereocenters. The average molecular weight is 308 g/mol. The fourth-order valence-corrected chi connectivity index (χ4v) is 3.61. The van der Waals surface area contributed by atoms with Crippen molar-refractivity contribution in [2.75, 3.05) is 19.7 Å². The van der Waals surface area contributed by atoms with Gasteiger partial charge in [0.05, 0.1) is 12.0 Å². The van der Waals surface area contributed by atoms with Gasteiger partial charge in [0.15, 0.2) is 0 Å². The van der Waals surface area contributed by atoms with Crippen LogP contribution in [0.4, 0.5) is 0 Å². The minimum Gasteiger partial charge on any atom is -0.447 e. The van der Waals surface area contributed by atoms with Crippen molar-refractivity contribution in [1.82, 2.24) is 4.31 Å². The Morgan fingerprint density at radius 3 is 2.89 bits per heavy atom. The summed E-state index contributed by atoms with van der Waals surface area (Å²) in [4.78, 5) is 0. The zero-order valence-electron chi connectivity index (χ0n) is 10.8. The summed E-state index contributed by atoms with van der Waals surface area (Å²) in [6.07, 6.45) is 1.43. The van der Waals surface area contributed by atoms with Crippen LogP contribution in [0, 0.1) is 0 Å². The van der Waals surface area contributed by atoms with Crippen molar-refractivity contribution < 1.29 is 17.6 Å². The van der Waals surface area contributed by atoms with Gasteiger partial charge in [-0.25, -0.2) is 8.42 Å². The van der Waals surface area contributed by atoms with Crippen LogP contribution in [0.3, 0.4) is 0 Å². The molecule has 1 atom stereocenters. The lowest BCUT2D eigenvalue weighted by atomic mass is 10.3. The fourth-order valence-electron chi connectivity index (χ4n) is 2.02. The van der Waals surface area contributed by atoms with Crippen LogP contribution in [0.25, 0.3) is 0 Å². The van der Waals surface area contributed by atoms with Gasteiger partial charge in [0.25, 0.3) is 10.0 Å². The van der Waals surface area contributed by atoms with Gasteiger partial charge in [-0.05, 0) is 25.0 Å². The summed E-state index contributed by atoms with van der Waals surface area (Å²) in [5.41, 5.74) is 0. The molecule has 2 heterocycles. The maximum Gasteiger partial charge on any atom is 0.276 e. The van der Waals surface area contributed by atoms with Crippen molar-refractivity contribution in [3.05, 3.63) is 17.9 Å². The van der Waals surface area contributed by atoms with E-state index < -0.39 is 10.0 Å². The minimum absolute atomic E-state index is 0.0418. The molecular weight excluding hydrogens is 290 g/mol. The Bertz CT molecular complexity index is 514. The zero-order valence-corrected chi connectivity index (χ0v) is 12.4. The van der Waals surface area contributed by atoms with Crippen LogP contribution >= 0.6 is 11.6 Å². The summed E-state index contributed by atoms with van der Waals surface area (Å²) in [7, 11) is -3.59. The fraction of sp³-hybridized carbons (Fsp3) is 0.667. The number of nitrogens with zero attached hydrogens (tertiary/aromatic N) is 1. The van der Waals surface area contributed by atoms with Crippen molar-refractivity contribution in [3.63, 3.8) is 0 Å². The van der Waals surface area contributed by atoms with Gasteiger partial charge in [-0.1, -0.05) is 6.92 Å². The first-order valence-corrected chi connectivity index (χ1v) is 8.31. The van der Waals surface area contributed by atoms with E-state index in [1.807, 2.05) is 6.92 Å². The molecule has 1 aromatic rings. The van der Waals surface area contributed by atoms with E-state index in [4.69, 9.17) is 20.8 Å². The largest absolute Gasteiger partial charge is 0.447 e. The van der Waals surface area contributed by atoms with Crippen LogP contribution in [0.5, 0.6) is 0 Å². The lowest BCUT2D eigenvalue weighted by Gasteiger charge is -2.21. The molecule has 5 nitrogen and oxygen atoms in total. The number of ether oxygens (including phenoxy) is 1. The maximum absolute atomic E-state index is 12.5.